The van der Waals surface area contributed by atoms with Gasteiger partial charge in [-0.1, -0.05) is 57.5 Å². The third-order valence-corrected chi connectivity index (χ3v) is 11.6. The Kier molecular flexibility index (Phi) is 8.75. The lowest BCUT2D eigenvalue weighted by atomic mass is 10.2. The van der Waals surface area contributed by atoms with E-state index < -0.39 is 8.32 Å². The summed E-state index contributed by atoms with van der Waals surface area (Å²) in [6.07, 6.45) is 0. The first kappa shape index (κ1) is 24.7. The number of hydrogen-bond donors (Lipinski definition) is 2. The Bertz CT molecular complexity index is 860. The monoisotopic (exact) mass is 541 g/mol. The van der Waals surface area contributed by atoms with Gasteiger partial charge in [-0.2, -0.15) is 0 Å². The lowest BCUT2D eigenvalue weighted by molar-refractivity contribution is 0.0945. The molecule has 0 atom stereocenters. The van der Waals surface area contributed by atoms with Gasteiger partial charge in [0.05, 0.1) is 17.3 Å². The van der Waals surface area contributed by atoms with Crippen LogP contribution >= 0.6 is 22.6 Å². The van der Waals surface area contributed by atoms with Crippen LogP contribution in [-0.4, -0.2) is 39.6 Å². The first-order valence-corrected chi connectivity index (χ1v) is 13.3. The van der Waals surface area contributed by atoms with Crippen LogP contribution in [0, 0.1) is 10.5 Å². The van der Waals surface area contributed by atoms with Crippen molar-refractivity contribution >= 4 is 42.0 Å². The van der Waals surface area contributed by atoms with Crippen LogP contribution in [-0.2, 0) is 4.43 Å². The number of phenolic OH excluding ortho intramolecular Hbond substituents is 1. The van der Waals surface area contributed by atoms with E-state index in [1.54, 1.807) is 12.1 Å². The maximum atomic E-state index is 12.6. The molecule has 2 N–H and O–H groups in total. The molecule has 5 nitrogen and oxygen atoms in total. The van der Waals surface area contributed by atoms with Crippen LogP contribution in [0.4, 0.5) is 0 Å². The number of nitrogens with one attached hydrogen (secondary N) is 1. The Morgan fingerprint density at radius 1 is 1.13 bits per heavy atom. The molecular formula is C23H32INO4Si. The van der Waals surface area contributed by atoms with Gasteiger partial charge in [-0.3, -0.25) is 4.79 Å². The number of halogens is 1. The second kappa shape index (κ2) is 10.6. The lowest BCUT2D eigenvalue weighted by Gasteiger charge is -2.39. The number of amides is 1. The summed E-state index contributed by atoms with van der Waals surface area (Å²) in [6, 6.07) is 11.9. The van der Waals surface area contributed by atoms with Crippen LogP contribution in [0.1, 0.15) is 43.6 Å². The Morgan fingerprint density at radius 2 is 1.73 bits per heavy atom. The van der Waals surface area contributed by atoms with Crippen LogP contribution in [0.5, 0.6) is 11.5 Å². The molecule has 0 fully saturated rings. The average molecular weight is 542 g/mol. The lowest BCUT2D eigenvalue weighted by Crippen LogP contribution is -2.56. The van der Waals surface area contributed by atoms with E-state index in [9.17, 15) is 9.90 Å². The van der Waals surface area contributed by atoms with Gasteiger partial charge in [0.2, 0.25) is 8.32 Å². The minimum absolute atomic E-state index is 0.0423. The molecule has 0 saturated carbocycles. The van der Waals surface area contributed by atoms with E-state index >= 15 is 0 Å². The van der Waals surface area contributed by atoms with E-state index in [0.29, 0.717) is 33.4 Å². The van der Waals surface area contributed by atoms with E-state index in [0.717, 1.165) is 0 Å². The van der Waals surface area contributed by atoms with Gasteiger partial charge in [-0.05, 0) is 57.9 Å². The van der Waals surface area contributed by atoms with Gasteiger partial charge in [0.1, 0.15) is 0 Å². The molecule has 0 aliphatic carbocycles. The number of aryl methyl sites for hydroxylation is 1. The molecule has 0 bridgehead atoms. The maximum absolute atomic E-state index is 12.6. The molecule has 1 amide bonds. The van der Waals surface area contributed by atoms with Gasteiger partial charge < -0.3 is 19.6 Å². The minimum Gasteiger partial charge on any atom is -0.504 e. The van der Waals surface area contributed by atoms with E-state index in [4.69, 9.17) is 9.16 Å². The summed E-state index contributed by atoms with van der Waals surface area (Å²) in [4.78, 5) is 12.6. The summed E-state index contributed by atoms with van der Waals surface area (Å²) < 4.78 is 12.3. The molecule has 2 rings (SSSR count). The molecular weight excluding hydrogens is 509 g/mol. The number of carbonyl (C=O) groups is 1. The highest BCUT2D eigenvalue weighted by molar-refractivity contribution is 14.1. The van der Waals surface area contributed by atoms with Crippen molar-refractivity contribution in [2.24, 2.45) is 0 Å². The molecule has 0 saturated heterocycles. The molecule has 0 aliphatic heterocycles. The number of hydrogen-bond acceptors (Lipinski definition) is 4. The summed E-state index contributed by atoms with van der Waals surface area (Å²) >= 11 is 1.98. The van der Waals surface area contributed by atoms with Gasteiger partial charge in [0.25, 0.3) is 5.91 Å². The normalized spacial score (nSPS) is 11.8. The maximum Gasteiger partial charge on any atom is 0.251 e. The SMILES string of the molecule is COc1cc(C(=O)NCCO[Si](c2ccc(C)cc2)(C(C)C)C(C)C)cc(I)c1O. The molecule has 0 aromatic heterocycles. The second-order valence-electron chi connectivity index (χ2n) is 8.08. The van der Waals surface area contributed by atoms with Gasteiger partial charge in [0.15, 0.2) is 11.5 Å². The van der Waals surface area contributed by atoms with Crippen molar-refractivity contribution in [2.75, 3.05) is 20.3 Å². The van der Waals surface area contributed by atoms with Gasteiger partial charge >= 0.3 is 0 Å². The van der Waals surface area contributed by atoms with Crippen molar-refractivity contribution in [2.45, 2.75) is 45.7 Å². The Hall–Kier alpha value is -1.58. The highest BCUT2D eigenvalue weighted by atomic mass is 127. The van der Waals surface area contributed by atoms with Crippen LogP contribution in [0.2, 0.25) is 11.1 Å². The van der Waals surface area contributed by atoms with Crippen molar-refractivity contribution < 1.29 is 19.1 Å². The molecule has 0 radical (unpaired) electrons. The summed E-state index contributed by atoms with van der Waals surface area (Å²) in [5, 5.41) is 14.2. The fourth-order valence-corrected chi connectivity index (χ4v) is 9.14. The topological polar surface area (TPSA) is 67.8 Å². The highest BCUT2D eigenvalue weighted by Gasteiger charge is 2.43. The minimum atomic E-state index is -2.24. The predicted octanol–water partition coefficient (Wildman–Crippen LogP) is 4.73. The Morgan fingerprint density at radius 3 is 2.27 bits per heavy atom. The molecule has 0 spiro atoms. The molecule has 0 aliphatic rings. The number of methoxy groups -OCH3 is 1. The average Bonchev–Trinajstić information content (AvgIpc) is 2.70. The molecule has 0 unspecified atom stereocenters. The smallest absolute Gasteiger partial charge is 0.251 e. The number of rotatable bonds is 9. The van der Waals surface area contributed by atoms with E-state index in [1.165, 1.54) is 17.9 Å². The van der Waals surface area contributed by atoms with E-state index in [2.05, 4.69) is 64.2 Å². The van der Waals surface area contributed by atoms with Gasteiger partial charge in [-0.15, -0.1) is 0 Å². The quantitative estimate of drug-likeness (QED) is 0.274. The Labute approximate surface area is 194 Å². The predicted molar refractivity (Wildman–Crippen MR) is 132 cm³/mol. The number of benzene rings is 2. The molecule has 164 valence electrons. The zero-order valence-corrected chi connectivity index (χ0v) is 21.7. The first-order chi connectivity index (χ1) is 14.1. The van der Waals surface area contributed by atoms with Crippen LogP contribution in [0.3, 0.4) is 0 Å². The zero-order chi connectivity index (χ0) is 22.5. The van der Waals surface area contributed by atoms with E-state index in [1.807, 2.05) is 22.6 Å². The van der Waals surface area contributed by atoms with Gasteiger partial charge in [0, 0.05) is 12.1 Å². The van der Waals surface area contributed by atoms with Crippen molar-refractivity contribution in [3.8, 4) is 11.5 Å². The largest absolute Gasteiger partial charge is 0.504 e. The molecule has 30 heavy (non-hydrogen) atoms. The van der Waals surface area contributed by atoms with Crippen LogP contribution in [0.25, 0.3) is 0 Å². The van der Waals surface area contributed by atoms with Crippen molar-refractivity contribution in [1.29, 1.82) is 0 Å². The highest BCUT2D eigenvalue weighted by Crippen LogP contribution is 2.34. The first-order valence-electron chi connectivity index (χ1n) is 10.2. The van der Waals surface area contributed by atoms with Gasteiger partial charge in [-0.25, -0.2) is 0 Å². The fraction of sp³-hybridized carbons (Fsp3) is 0.435. The molecule has 7 heteroatoms. The fourth-order valence-electron chi connectivity index (χ4n) is 3.91. The molecule has 2 aromatic rings. The molecule has 2 aromatic carbocycles. The summed E-state index contributed by atoms with van der Waals surface area (Å²) in [5.41, 5.74) is 2.49. The summed E-state index contributed by atoms with van der Waals surface area (Å²) in [5.74, 6) is 0.112. The summed E-state index contributed by atoms with van der Waals surface area (Å²) in [6.45, 7) is 11.9. The second-order valence-corrected chi connectivity index (χ2v) is 14.0. The standard InChI is InChI=1S/C23H32INO4Si/c1-15(2)30(16(3)4,19-9-7-17(5)8-10-19)29-12-11-25-23(27)18-13-20(24)22(26)21(14-18)28-6/h7-10,13-16,26H,11-12H2,1-6H3,(H,25,27). The third kappa shape index (κ3) is 5.36. The van der Waals surface area contributed by atoms with Crippen LogP contribution in [0.15, 0.2) is 36.4 Å². The molecule has 0 heterocycles. The number of carbonyl (C=O) groups excluding carboxylic acids is 1. The summed E-state index contributed by atoms with van der Waals surface area (Å²) in [7, 11) is -0.771. The number of phenols is 1. The van der Waals surface area contributed by atoms with E-state index in [-0.39, 0.29) is 17.4 Å². The third-order valence-electron chi connectivity index (χ3n) is 5.46. The van der Waals surface area contributed by atoms with Crippen molar-refractivity contribution in [3.63, 3.8) is 0 Å². The zero-order valence-electron chi connectivity index (χ0n) is 18.6. The number of ether oxygens (including phenoxy) is 1. The van der Waals surface area contributed by atoms with Crippen LogP contribution < -0.4 is 15.2 Å². The van der Waals surface area contributed by atoms with Crippen molar-refractivity contribution in [1.82, 2.24) is 5.32 Å². The van der Waals surface area contributed by atoms with Crippen molar-refractivity contribution in [3.05, 3.63) is 51.1 Å². The Balaban J connectivity index is 2.10. The number of aromatic hydroxyl groups is 1.